The van der Waals surface area contributed by atoms with Crippen molar-refractivity contribution in [2.75, 3.05) is 30.6 Å². The standard InChI is InChI=1S/C30H38N4O4S/c1-3-19-34(30(35)31-22-24-7-5-4-6-8-24)27-17-20-33(21-18-27)23-25-9-13-28(14-10-25)38-29-15-11-26(12-16-29)32-39(2,36)37/h4-16,27,32H,3,17-23H2,1-2H3,(H,31,35). The Labute approximate surface area is 232 Å². The van der Waals surface area contributed by atoms with Crippen molar-refractivity contribution in [3.05, 3.63) is 90.0 Å². The highest BCUT2D eigenvalue weighted by Crippen LogP contribution is 2.25. The summed E-state index contributed by atoms with van der Waals surface area (Å²) in [5.41, 5.74) is 2.81. The Kier molecular flexibility index (Phi) is 9.84. The number of nitrogens with zero attached hydrogens (tertiary/aromatic N) is 2. The van der Waals surface area contributed by atoms with Crippen molar-refractivity contribution in [2.24, 2.45) is 0 Å². The number of carbonyl (C=O) groups is 1. The van der Waals surface area contributed by atoms with E-state index in [0.29, 0.717) is 18.0 Å². The van der Waals surface area contributed by atoms with Crippen LogP contribution in [0, 0.1) is 0 Å². The Bertz CT molecular complexity index is 1290. The van der Waals surface area contributed by atoms with Gasteiger partial charge in [-0.25, -0.2) is 13.2 Å². The number of ether oxygens (including phenoxy) is 1. The highest BCUT2D eigenvalue weighted by atomic mass is 32.2. The van der Waals surface area contributed by atoms with E-state index in [-0.39, 0.29) is 12.1 Å². The summed E-state index contributed by atoms with van der Waals surface area (Å²) >= 11 is 0. The summed E-state index contributed by atoms with van der Waals surface area (Å²) in [6.45, 7) is 6.18. The number of piperidine rings is 1. The number of urea groups is 1. The lowest BCUT2D eigenvalue weighted by atomic mass is 10.0. The summed E-state index contributed by atoms with van der Waals surface area (Å²) < 4.78 is 31.1. The molecule has 1 fully saturated rings. The van der Waals surface area contributed by atoms with Gasteiger partial charge in [0.1, 0.15) is 11.5 Å². The van der Waals surface area contributed by atoms with Gasteiger partial charge in [-0.05, 0) is 66.8 Å². The predicted octanol–water partition coefficient (Wildman–Crippen LogP) is 5.44. The first-order valence-corrected chi connectivity index (χ1v) is 15.3. The molecule has 0 aromatic heterocycles. The summed E-state index contributed by atoms with van der Waals surface area (Å²) in [5, 5.41) is 3.10. The van der Waals surface area contributed by atoms with E-state index in [2.05, 4.69) is 34.0 Å². The number of anilines is 1. The lowest BCUT2D eigenvalue weighted by Crippen LogP contribution is -2.50. The molecule has 1 aliphatic heterocycles. The monoisotopic (exact) mass is 550 g/mol. The smallest absolute Gasteiger partial charge is 0.317 e. The fraction of sp³-hybridized carbons (Fsp3) is 0.367. The Morgan fingerprint density at radius 1 is 0.923 bits per heavy atom. The van der Waals surface area contributed by atoms with E-state index in [1.807, 2.05) is 47.4 Å². The summed E-state index contributed by atoms with van der Waals surface area (Å²) in [7, 11) is -3.31. The van der Waals surface area contributed by atoms with Crippen LogP contribution in [0.4, 0.5) is 10.5 Å². The SMILES string of the molecule is CCCN(C(=O)NCc1ccccc1)C1CCN(Cc2ccc(Oc3ccc(NS(C)(=O)=O)cc3)cc2)CC1. The van der Waals surface area contributed by atoms with E-state index in [0.717, 1.165) is 63.0 Å². The van der Waals surface area contributed by atoms with E-state index in [9.17, 15) is 13.2 Å². The molecule has 1 aliphatic rings. The van der Waals surface area contributed by atoms with Gasteiger partial charge in [0.15, 0.2) is 0 Å². The van der Waals surface area contributed by atoms with Gasteiger partial charge in [0.05, 0.1) is 6.26 Å². The Morgan fingerprint density at radius 3 is 2.13 bits per heavy atom. The highest BCUT2D eigenvalue weighted by Gasteiger charge is 2.27. The van der Waals surface area contributed by atoms with Gasteiger partial charge in [0.25, 0.3) is 0 Å². The average Bonchev–Trinajstić information content (AvgIpc) is 2.93. The third-order valence-corrected chi connectivity index (χ3v) is 7.34. The maximum Gasteiger partial charge on any atom is 0.317 e. The molecule has 1 saturated heterocycles. The Hall–Kier alpha value is -3.56. The number of carbonyl (C=O) groups excluding carboxylic acids is 1. The molecule has 39 heavy (non-hydrogen) atoms. The largest absolute Gasteiger partial charge is 0.457 e. The lowest BCUT2D eigenvalue weighted by Gasteiger charge is -2.38. The molecule has 0 radical (unpaired) electrons. The molecule has 3 aromatic carbocycles. The Morgan fingerprint density at radius 2 is 1.54 bits per heavy atom. The van der Waals surface area contributed by atoms with Crippen LogP contribution < -0.4 is 14.8 Å². The van der Waals surface area contributed by atoms with Gasteiger partial charge in [0.2, 0.25) is 10.0 Å². The van der Waals surface area contributed by atoms with E-state index in [1.165, 1.54) is 5.56 Å². The predicted molar refractivity (Wildman–Crippen MR) is 155 cm³/mol. The van der Waals surface area contributed by atoms with Crippen molar-refractivity contribution in [1.82, 2.24) is 15.1 Å². The molecular weight excluding hydrogens is 512 g/mol. The maximum atomic E-state index is 13.0. The van der Waals surface area contributed by atoms with Gasteiger partial charge < -0.3 is 15.0 Å². The van der Waals surface area contributed by atoms with Crippen LogP contribution in [0.2, 0.25) is 0 Å². The molecule has 2 N–H and O–H groups in total. The van der Waals surface area contributed by atoms with Crippen molar-refractivity contribution in [1.29, 1.82) is 0 Å². The molecule has 9 heteroatoms. The first-order valence-electron chi connectivity index (χ1n) is 13.4. The van der Waals surface area contributed by atoms with E-state index in [4.69, 9.17) is 4.74 Å². The normalized spacial score (nSPS) is 14.5. The first-order chi connectivity index (χ1) is 18.8. The Balaban J connectivity index is 1.24. The minimum Gasteiger partial charge on any atom is -0.457 e. The fourth-order valence-corrected chi connectivity index (χ4v) is 5.38. The number of amides is 2. The third-order valence-electron chi connectivity index (χ3n) is 6.73. The van der Waals surface area contributed by atoms with Gasteiger partial charge in [-0.3, -0.25) is 9.62 Å². The molecule has 8 nitrogen and oxygen atoms in total. The van der Waals surface area contributed by atoms with Crippen LogP contribution >= 0.6 is 0 Å². The molecule has 4 rings (SSSR count). The zero-order chi connectivity index (χ0) is 27.7. The molecule has 208 valence electrons. The van der Waals surface area contributed by atoms with Gasteiger partial charge >= 0.3 is 6.03 Å². The second-order valence-corrected chi connectivity index (χ2v) is 11.7. The van der Waals surface area contributed by atoms with Gasteiger partial charge in [0, 0.05) is 44.5 Å². The van der Waals surface area contributed by atoms with Crippen molar-refractivity contribution in [3.63, 3.8) is 0 Å². The average molecular weight is 551 g/mol. The molecule has 2 amide bonds. The number of rotatable bonds is 11. The van der Waals surface area contributed by atoms with Crippen molar-refractivity contribution in [2.45, 2.75) is 45.3 Å². The topological polar surface area (TPSA) is 91.0 Å². The maximum absolute atomic E-state index is 13.0. The number of benzene rings is 3. The first kappa shape index (κ1) is 28.4. The number of sulfonamides is 1. The number of nitrogens with one attached hydrogen (secondary N) is 2. The zero-order valence-corrected chi connectivity index (χ0v) is 23.5. The number of hydrogen-bond donors (Lipinski definition) is 2. The molecule has 3 aromatic rings. The zero-order valence-electron chi connectivity index (χ0n) is 22.7. The van der Waals surface area contributed by atoms with Crippen molar-refractivity contribution < 1.29 is 17.9 Å². The molecule has 0 aliphatic carbocycles. The lowest BCUT2D eigenvalue weighted by molar-refractivity contribution is 0.117. The molecule has 0 unspecified atom stereocenters. The van der Waals surface area contributed by atoms with Crippen LogP contribution in [0.15, 0.2) is 78.9 Å². The van der Waals surface area contributed by atoms with E-state index in [1.54, 1.807) is 24.3 Å². The van der Waals surface area contributed by atoms with Gasteiger partial charge in [-0.15, -0.1) is 0 Å². The molecule has 0 spiro atoms. The number of hydrogen-bond acceptors (Lipinski definition) is 5. The third kappa shape index (κ3) is 9.01. The molecule has 0 bridgehead atoms. The second-order valence-electron chi connectivity index (χ2n) is 9.99. The summed E-state index contributed by atoms with van der Waals surface area (Å²) in [4.78, 5) is 17.4. The van der Waals surface area contributed by atoms with Crippen LogP contribution in [-0.4, -0.2) is 56.2 Å². The second kappa shape index (κ2) is 13.5. The van der Waals surface area contributed by atoms with Gasteiger partial charge in [-0.2, -0.15) is 0 Å². The van der Waals surface area contributed by atoms with Crippen LogP contribution in [0.1, 0.15) is 37.3 Å². The van der Waals surface area contributed by atoms with Crippen LogP contribution in [0.25, 0.3) is 0 Å². The van der Waals surface area contributed by atoms with Crippen LogP contribution in [0.3, 0.4) is 0 Å². The van der Waals surface area contributed by atoms with E-state index >= 15 is 0 Å². The number of likely N-dealkylation sites (tertiary alicyclic amines) is 1. The van der Waals surface area contributed by atoms with E-state index < -0.39 is 10.0 Å². The van der Waals surface area contributed by atoms with Crippen molar-refractivity contribution >= 4 is 21.7 Å². The molecule has 0 atom stereocenters. The molecular formula is C30H38N4O4S. The minimum absolute atomic E-state index is 0.0241. The highest BCUT2D eigenvalue weighted by molar-refractivity contribution is 7.92. The minimum atomic E-state index is -3.31. The summed E-state index contributed by atoms with van der Waals surface area (Å²) in [5.74, 6) is 1.35. The molecule has 1 heterocycles. The summed E-state index contributed by atoms with van der Waals surface area (Å²) in [6, 6.07) is 25.1. The molecule has 0 saturated carbocycles. The fourth-order valence-electron chi connectivity index (χ4n) is 4.82. The van der Waals surface area contributed by atoms with Crippen molar-refractivity contribution in [3.8, 4) is 11.5 Å². The summed E-state index contributed by atoms with van der Waals surface area (Å²) in [6.07, 6.45) is 3.98. The van der Waals surface area contributed by atoms with Crippen LogP contribution in [-0.2, 0) is 23.1 Å². The quantitative estimate of drug-likeness (QED) is 0.332. The van der Waals surface area contributed by atoms with Gasteiger partial charge in [-0.1, -0.05) is 49.4 Å². The van der Waals surface area contributed by atoms with Crippen LogP contribution in [0.5, 0.6) is 11.5 Å².